The van der Waals surface area contributed by atoms with E-state index in [0.717, 1.165) is 0 Å². The zero-order valence-corrected chi connectivity index (χ0v) is 18.0. The van der Waals surface area contributed by atoms with Crippen LogP contribution in [0.15, 0.2) is 56.7 Å². The molecule has 0 spiro atoms. The Morgan fingerprint density at radius 3 is 2.53 bits per heavy atom. The normalized spacial score (nSPS) is 16.1. The summed E-state index contributed by atoms with van der Waals surface area (Å²) in [5.41, 5.74) is 0.381. The van der Waals surface area contributed by atoms with Gasteiger partial charge in [0.2, 0.25) is 5.78 Å². The van der Waals surface area contributed by atoms with E-state index in [9.17, 15) is 14.7 Å². The van der Waals surface area contributed by atoms with E-state index in [1.54, 1.807) is 44.2 Å². The van der Waals surface area contributed by atoms with E-state index < -0.39 is 23.5 Å². The Morgan fingerprint density at radius 1 is 1.16 bits per heavy atom. The Bertz CT molecular complexity index is 1220. The number of aliphatic hydroxyl groups is 1. The highest BCUT2D eigenvalue weighted by atomic mass is 16.5. The number of hydrogen-bond donors (Lipinski definition) is 1. The van der Waals surface area contributed by atoms with Crippen molar-refractivity contribution in [3.05, 3.63) is 70.6 Å². The minimum Gasteiger partial charge on any atom is -0.503 e. The van der Waals surface area contributed by atoms with Gasteiger partial charge in [-0.25, -0.2) is 0 Å². The van der Waals surface area contributed by atoms with E-state index in [4.69, 9.17) is 18.4 Å². The lowest BCUT2D eigenvalue weighted by atomic mass is 9.94. The summed E-state index contributed by atoms with van der Waals surface area (Å²) in [5.74, 6) is 0.0376. The smallest absolute Gasteiger partial charge is 0.295 e. The average Bonchev–Trinajstić information content (AvgIpc) is 3.47. The molecule has 166 valence electrons. The molecule has 4 rings (SSSR count). The third kappa shape index (κ3) is 3.51. The Hall–Kier alpha value is -4.01. The van der Waals surface area contributed by atoms with Gasteiger partial charge < -0.3 is 23.5 Å². The van der Waals surface area contributed by atoms with E-state index in [0.29, 0.717) is 35.2 Å². The SMILES string of the molecule is CCOc1ccc(C2C(C(=O)c3ccc(C)o3)=C(O)C(=O)N2c2cc(C)on2)cc1OC. The second-order valence-corrected chi connectivity index (χ2v) is 7.22. The Kier molecular flexibility index (Phi) is 5.48. The van der Waals surface area contributed by atoms with Crippen molar-refractivity contribution in [2.75, 3.05) is 18.6 Å². The number of ether oxygens (including phenoxy) is 2. The predicted octanol–water partition coefficient (Wildman–Crippen LogP) is 4.07. The van der Waals surface area contributed by atoms with E-state index in [-0.39, 0.29) is 17.2 Å². The molecule has 32 heavy (non-hydrogen) atoms. The molecular formula is C23H22N2O7. The summed E-state index contributed by atoms with van der Waals surface area (Å²) in [7, 11) is 1.49. The van der Waals surface area contributed by atoms with Crippen molar-refractivity contribution in [3.63, 3.8) is 0 Å². The lowest BCUT2D eigenvalue weighted by molar-refractivity contribution is -0.117. The highest BCUT2D eigenvalue weighted by Gasteiger charge is 2.46. The van der Waals surface area contributed by atoms with Crippen molar-refractivity contribution >= 4 is 17.5 Å². The molecule has 3 heterocycles. The van der Waals surface area contributed by atoms with Crippen LogP contribution in [0.2, 0.25) is 0 Å². The first kappa shape index (κ1) is 21.2. The molecule has 0 radical (unpaired) electrons. The minimum atomic E-state index is -0.991. The quantitative estimate of drug-likeness (QED) is 0.549. The van der Waals surface area contributed by atoms with Gasteiger partial charge in [0.15, 0.2) is 28.8 Å². The molecule has 1 aliphatic heterocycles. The van der Waals surface area contributed by atoms with Crippen LogP contribution in [0, 0.1) is 13.8 Å². The van der Waals surface area contributed by atoms with Gasteiger partial charge in [0.1, 0.15) is 11.5 Å². The summed E-state index contributed by atoms with van der Waals surface area (Å²) in [6.07, 6.45) is 0. The molecule has 0 bridgehead atoms. The third-order valence-electron chi connectivity index (χ3n) is 5.08. The van der Waals surface area contributed by atoms with Gasteiger partial charge in [-0.2, -0.15) is 0 Å². The molecule has 1 amide bonds. The standard InChI is InChI=1S/C23H22N2O7/c1-5-30-15-9-7-14(11-17(15)29-4)20-19(21(26)16-8-6-12(2)31-16)22(27)23(28)25(20)18-10-13(3)32-24-18/h6-11,20,27H,5H2,1-4H3. The number of benzene rings is 1. The average molecular weight is 438 g/mol. The summed E-state index contributed by atoms with van der Waals surface area (Å²) in [4.78, 5) is 27.6. The summed E-state index contributed by atoms with van der Waals surface area (Å²) in [6.45, 7) is 5.66. The molecule has 0 saturated heterocycles. The van der Waals surface area contributed by atoms with Crippen molar-refractivity contribution in [1.82, 2.24) is 5.16 Å². The largest absolute Gasteiger partial charge is 0.503 e. The van der Waals surface area contributed by atoms with Crippen LogP contribution in [0.4, 0.5) is 5.82 Å². The number of Topliss-reactive ketones (excluding diaryl/α,β-unsaturated/α-hetero) is 1. The fraction of sp³-hybridized carbons (Fsp3) is 0.261. The van der Waals surface area contributed by atoms with E-state index in [2.05, 4.69) is 5.16 Å². The zero-order chi connectivity index (χ0) is 23.0. The number of hydrogen-bond acceptors (Lipinski definition) is 8. The number of furan rings is 1. The number of carbonyl (C=O) groups excluding carboxylic acids is 2. The number of ketones is 1. The first-order chi connectivity index (χ1) is 15.3. The van der Waals surface area contributed by atoms with Crippen molar-refractivity contribution < 1.29 is 33.1 Å². The maximum Gasteiger partial charge on any atom is 0.295 e. The van der Waals surface area contributed by atoms with Gasteiger partial charge in [0.05, 0.1) is 25.3 Å². The van der Waals surface area contributed by atoms with Gasteiger partial charge in [-0.1, -0.05) is 11.2 Å². The number of anilines is 1. The number of amides is 1. The van der Waals surface area contributed by atoms with Crippen LogP contribution in [0.25, 0.3) is 0 Å². The van der Waals surface area contributed by atoms with E-state index in [1.807, 2.05) is 6.92 Å². The highest BCUT2D eigenvalue weighted by Crippen LogP contribution is 2.43. The molecule has 1 N–H and O–H groups in total. The minimum absolute atomic E-state index is 0.0120. The van der Waals surface area contributed by atoms with Gasteiger partial charge in [-0.3, -0.25) is 14.5 Å². The Morgan fingerprint density at radius 2 is 1.94 bits per heavy atom. The second-order valence-electron chi connectivity index (χ2n) is 7.22. The van der Waals surface area contributed by atoms with E-state index in [1.165, 1.54) is 18.1 Å². The van der Waals surface area contributed by atoms with Gasteiger partial charge >= 0.3 is 0 Å². The second kappa shape index (κ2) is 8.26. The Labute approximate surface area is 183 Å². The number of rotatable bonds is 7. The predicted molar refractivity (Wildman–Crippen MR) is 113 cm³/mol. The van der Waals surface area contributed by atoms with Crippen LogP contribution in [0.5, 0.6) is 11.5 Å². The van der Waals surface area contributed by atoms with Gasteiger partial charge in [0, 0.05) is 6.07 Å². The monoisotopic (exact) mass is 438 g/mol. The van der Waals surface area contributed by atoms with Gasteiger partial charge in [0.25, 0.3) is 5.91 Å². The Balaban J connectivity index is 1.88. The molecule has 2 aromatic heterocycles. The molecule has 0 saturated carbocycles. The molecular weight excluding hydrogens is 416 g/mol. The fourth-order valence-corrected chi connectivity index (χ4v) is 3.67. The molecule has 9 heteroatoms. The lowest BCUT2D eigenvalue weighted by Gasteiger charge is -2.25. The third-order valence-corrected chi connectivity index (χ3v) is 5.08. The van der Waals surface area contributed by atoms with Gasteiger partial charge in [-0.05, 0) is 50.6 Å². The van der Waals surface area contributed by atoms with Crippen LogP contribution in [0.1, 0.15) is 40.6 Å². The molecule has 1 aliphatic rings. The maximum atomic E-state index is 13.3. The first-order valence-corrected chi connectivity index (χ1v) is 9.97. The van der Waals surface area contributed by atoms with Crippen molar-refractivity contribution in [1.29, 1.82) is 0 Å². The summed E-state index contributed by atoms with van der Waals surface area (Å²) in [6, 6.07) is 8.73. The summed E-state index contributed by atoms with van der Waals surface area (Å²) in [5, 5.41) is 14.7. The molecule has 0 aliphatic carbocycles. The van der Waals surface area contributed by atoms with E-state index >= 15 is 0 Å². The zero-order valence-electron chi connectivity index (χ0n) is 18.0. The van der Waals surface area contributed by atoms with Crippen molar-refractivity contribution in [2.45, 2.75) is 26.8 Å². The molecule has 9 nitrogen and oxygen atoms in total. The maximum absolute atomic E-state index is 13.3. The lowest BCUT2D eigenvalue weighted by Crippen LogP contribution is -2.31. The van der Waals surface area contributed by atoms with Crippen LogP contribution >= 0.6 is 0 Å². The molecule has 0 fully saturated rings. The van der Waals surface area contributed by atoms with Crippen LogP contribution in [-0.4, -0.2) is 35.7 Å². The summed E-state index contributed by atoms with van der Waals surface area (Å²) >= 11 is 0. The fourth-order valence-electron chi connectivity index (χ4n) is 3.67. The number of nitrogens with zero attached hydrogens (tertiary/aromatic N) is 2. The van der Waals surface area contributed by atoms with Crippen LogP contribution in [0.3, 0.4) is 0 Å². The molecule has 1 atom stereocenters. The summed E-state index contributed by atoms with van der Waals surface area (Å²) < 4.78 is 21.6. The number of aryl methyl sites for hydroxylation is 2. The number of methoxy groups -OCH3 is 1. The van der Waals surface area contributed by atoms with Crippen molar-refractivity contribution in [3.8, 4) is 11.5 Å². The number of aliphatic hydroxyl groups excluding tert-OH is 1. The molecule has 1 aromatic carbocycles. The van der Waals surface area contributed by atoms with Gasteiger partial charge in [-0.15, -0.1) is 0 Å². The highest BCUT2D eigenvalue weighted by molar-refractivity contribution is 6.20. The molecule has 3 aromatic rings. The van der Waals surface area contributed by atoms with Crippen molar-refractivity contribution in [2.24, 2.45) is 0 Å². The first-order valence-electron chi connectivity index (χ1n) is 9.97. The van der Waals surface area contributed by atoms with Crippen LogP contribution < -0.4 is 14.4 Å². The topological polar surface area (TPSA) is 115 Å². The van der Waals surface area contributed by atoms with Crippen LogP contribution in [-0.2, 0) is 4.79 Å². The number of aromatic nitrogens is 1. The number of carbonyl (C=O) groups is 2. The molecule has 1 unspecified atom stereocenters.